The number of nitrogens with zero attached hydrogens (tertiary/aromatic N) is 3. The third-order valence-corrected chi connectivity index (χ3v) is 12.1. The average Bonchev–Trinajstić information content (AvgIpc) is 3.34. The Bertz CT molecular complexity index is 1840. The topological polar surface area (TPSA) is 150 Å². The predicted octanol–water partition coefficient (Wildman–Crippen LogP) is 4.76. The molecule has 4 heterocycles. The fraction of sp³-hybridized carbons (Fsp3) is 0.471. The van der Waals surface area contributed by atoms with Crippen LogP contribution < -0.4 is 16.1 Å². The van der Waals surface area contributed by atoms with Gasteiger partial charge in [0.05, 0.1) is 49.6 Å². The summed E-state index contributed by atoms with van der Waals surface area (Å²) in [6.45, 7) is 11.5. The van der Waals surface area contributed by atoms with E-state index in [-0.39, 0.29) is 37.1 Å². The minimum Gasteiger partial charge on any atom is -0.457 e. The van der Waals surface area contributed by atoms with Crippen molar-refractivity contribution >= 4 is 42.2 Å². The molecule has 1 atom stereocenters. The molecule has 0 saturated heterocycles. The molecule has 0 fully saturated rings. The molecule has 3 aromatic rings. The number of alkyl carbamates (subject to hydrolysis) is 1. The van der Waals surface area contributed by atoms with Gasteiger partial charge in [-0.2, -0.15) is 5.26 Å². The van der Waals surface area contributed by atoms with Crippen molar-refractivity contribution in [1.29, 1.82) is 5.26 Å². The van der Waals surface area contributed by atoms with Crippen molar-refractivity contribution in [3.8, 4) is 17.5 Å². The van der Waals surface area contributed by atoms with Gasteiger partial charge in [-0.25, -0.2) is 14.6 Å². The molecule has 0 spiro atoms. The normalized spacial score (nSPS) is 16.9. The number of cyclic esters (lactones) is 1. The Morgan fingerprint density at radius 3 is 2.63 bits per heavy atom. The van der Waals surface area contributed by atoms with Crippen molar-refractivity contribution in [3.63, 3.8) is 0 Å². The molecule has 1 N–H and O–H groups in total. The quantitative estimate of drug-likeness (QED) is 0.118. The van der Waals surface area contributed by atoms with Crippen LogP contribution in [-0.2, 0) is 42.6 Å². The molecule has 5 rings (SSSR count). The van der Waals surface area contributed by atoms with E-state index in [4.69, 9.17) is 19.2 Å². The van der Waals surface area contributed by atoms with Crippen LogP contribution in [-0.4, -0.2) is 47.8 Å². The summed E-state index contributed by atoms with van der Waals surface area (Å²) < 4.78 is 18.2. The van der Waals surface area contributed by atoms with Crippen LogP contribution in [0.3, 0.4) is 0 Å². The number of benzene rings is 1. The van der Waals surface area contributed by atoms with Gasteiger partial charge in [-0.15, -0.1) is 0 Å². The molecule has 0 aliphatic carbocycles. The smallest absolute Gasteiger partial charge is 0.407 e. The first kappa shape index (κ1) is 32.9. The number of amides is 1. The number of carbonyl (C=O) groups is 3. The van der Waals surface area contributed by atoms with Crippen molar-refractivity contribution in [2.75, 3.05) is 6.54 Å². The molecule has 1 unspecified atom stereocenters. The number of para-hydroxylation sites is 1. The molecular formula is C34H40N4O7Si. The second-order valence-electron chi connectivity index (χ2n) is 13.4. The van der Waals surface area contributed by atoms with Gasteiger partial charge in [0.1, 0.15) is 12.2 Å². The zero-order valence-electron chi connectivity index (χ0n) is 27.2. The molecule has 1 aromatic carbocycles. The van der Waals surface area contributed by atoms with Crippen LogP contribution >= 0.6 is 0 Å². The first-order valence-corrected chi connectivity index (χ1v) is 18.9. The van der Waals surface area contributed by atoms with Crippen molar-refractivity contribution < 1.29 is 28.6 Å². The van der Waals surface area contributed by atoms with E-state index in [0.29, 0.717) is 29.9 Å². The highest BCUT2D eigenvalue weighted by Crippen LogP contribution is 2.41. The van der Waals surface area contributed by atoms with Crippen LogP contribution in [0.5, 0.6) is 0 Å². The summed E-state index contributed by atoms with van der Waals surface area (Å²) in [4.78, 5) is 57.7. The maximum absolute atomic E-state index is 14.1. The Labute approximate surface area is 268 Å². The van der Waals surface area contributed by atoms with E-state index in [9.17, 15) is 24.4 Å². The van der Waals surface area contributed by atoms with Gasteiger partial charge < -0.3 is 24.1 Å². The van der Waals surface area contributed by atoms with E-state index in [1.807, 2.05) is 18.2 Å². The van der Waals surface area contributed by atoms with Gasteiger partial charge in [0.2, 0.25) is 5.60 Å². The molecule has 11 nitrogen and oxygen atoms in total. The monoisotopic (exact) mass is 644 g/mol. The molecule has 0 bridgehead atoms. The number of nitrogens with one attached hydrogen (secondary N) is 1. The highest BCUT2D eigenvalue weighted by atomic mass is 28.3. The number of pyridine rings is 2. The fourth-order valence-electron chi connectivity index (χ4n) is 6.52. The van der Waals surface area contributed by atoms with Crippen LogP contribution in [0.1, 0.15) is 70.1 Å². The summed E-state index contributed by atoms with van der Waals surface area (Å²) in [5, 5.41) is 14.0. The summed E-state index contributed by atoms with van der Waals surface area (Å²) in [6, 6.07) is 12.9. The summed E-state index contributed by atoms with van der Waals surface area (Å²) in [5.74, 6) is -1.49. The lowest BCUT2D eigenvalue weighted by Crippen LogP contribution is -2.47. The number of hydrogen-bond acceptors (Lipinski definition) is 9. The van der Waals surface area contributed by atoms with Gasteiger partial charge in [0.25, 0.3) is 5.56 Å². The molecule has 0 saturated carbocycles. The van der Waals surface area contributed by atoms with Crippen molar-refractivity contribution in [1.82, 2.24) is 14.9 Å². The highest BCUT2D eigenvalue weighted by molar-refractivity contribution is 6.91. The number of ether oxygens (including phenoxy) is 3. The van der Waals surface area contributed by atoms with E-state index < -0.39 is 37.3 Å². The molecule has 2 aliphatic rings. The standard InChI is InChI=1S/C34H40N4O7Si/c1-7-34(44-27(39)14-16-36-32(42)45-33(2,3)4)24-18-26-28-22(19-38(26)30(40)23(24)20-43-31(34)41)29(46(5,6)17-11-10-15-35)21-12-8-9-13-25(21)37-28/h8-9,12-13,18H,7,10-11,14,16-17,19-20H2,1-6H3,(H,36,42). The van der Waals surface area contributed by atoms with Gasteiger partial charge in [0, 0.05) is 18.5 Å². The number of aromatic nitrogens is 2. The number of fused-ring (bicyclic) bond motifs is 5. The molecule has 1 amide bonds. The van der Waals surface area contributed by atoms with Crippen molar-refractivity contribution in [2.45, 2.75) is 96.9 Å². The molecule has 46 heavy (non-hydrogen) atoms. The third kappa shape index (κ3) is 6.03. The van der Waals surface area contributed by atoms with Crippen LogP contribution in [0, 0.1) is 11.3 Å². The van der Waals surface area contributed by atoms with E-state index in [0.717, 1.165) is 28.9 Å². The first-order chi connectivity index (χ1) is 21.7. The lowest BCUT2D eigenvalue weighted by molar-refractivity contribution is -0.189. The molecule has 2 aliphatic heterocycles. The van der Waals surface area contributed by atoms with Gasteiger partial charge in [-0.3, -0.25) is 9.59 Å². The van der Waals surface area contributed by atoms with E-state index in [1.54, 1.807) is 38.3 Å². The molecule has 0 radical (unpaired) electrons. The van der Waals surface area contributed by atoms with E-state index in [1.165, 1.54) is 5.19 Å². The van der Waals surface area contributed by atoms with Gasteiger partial charge in [0.15, 0.2) is 0 Å². The molecule has 242 valence electrons. The van der Waals surface area contributed by atoms with Crippen LogP contribution in [0.25, 0.3) is 22.3 Å². The number of unbranched alkanes of at least 4 members (excludes halogenated alkanes) is 1. The Morgan fingerprint density at radius 2 is 1.93 bits per heavy atom. The Kier molecular flexibility index (Phi) is 8.83. The Morgan fingerprint density at radius 1 is 1.20 bits per heavy atom. The summed E-state index contributed by atoms with van der Waals surface area (Å²) in [5.41, 5.74) is 0.717. The SMILES string of the molecule is CCC1(OC(=O)CCNC(=O)OC(C)(C)C)C(=O)OCc2c1cc1n(c2=O)Cc2c-1nc1ccccc1c2[Si](C)(C)CCCC#N. The van der Waals surface area contributed by atoms with Crippen LogP contribution in [0.2, 0.25) is 19.1 Å². The highest BCUT2D eigenvalue weighted by Gasteiger charge is 2.50. The average molecular weight is 645 g/mol. The summed E-state index contributed by atoms with van der Waals surface area (Å²) in [7, 11) is -2.12. The zero-order chi connectivity index (χ0) is 33.4. The fourth-order valence-corrected chi connectivity index (χ4v) is 9.78. The van der Waals surface area contributed by atoms with Gasteiger partial charge >= 0.3 is 18.0 Å². The van der Waals surface area contributed by atoms with Crippen molar-refractivity contribution in [2.24, 2.45) is 0 Å². The van der Waals surface area contributed by atoms with Crippen molar-refractivity contribution in [3.05, 3.63) is 57.4 Å². The zero-order valence-corrected chi connectivity index (χ0v) is 28.2. The number of rotatable bonds is 9. The summed E-state index contributed by atoms with van der Waals surface area (Å²) in [6.07, 6.45) is 0.412. The van der Waals surface area contributed by atoms with Gasteiger partial charge in [-0.05, 0) is 61.9 Å². The lowest BCUT2D eigenvalue weighted by Gasteiger charge is -2.35. The first-order valence-electron chi connectivity index (χ1n) is 15.6. The molecular weight excluding hydrogens is 604 g/mol. The molecule has 12 heteroatoms. The number of carbonyl (C=O) groups excluding carboxylic acids is 3. The maximum Gasteiger partial charge on any atom is 0.407 e. The minimum atomic E-state index is -2.12. The number of esters is 2. The van der Waals surface area contributed by atoms with E-state index >= 15 is 0 Å². The Balaban J connectivity index is 1.55. The largest absolute Gasteiger partial charge is 0.457 e. The van der Waals surface area contributed by atoms with E-state index in [2.05, 4.69) is 30.5 Å². The minimum absolute atomic E-state index is 0.0368. The summed E-state index contributed by atoms with van der Waals surface area (Å²) >= 11 is 0. The second kappa shape index (κ2) is 12.4. The predicted molar refractivity (Wildman–Crippen MR) is 174 cm³/mol. The lowest BCUT2D eigenvalue weighted by atomic mass is 9.85. The van der Waals surface area contributed by atoms with Crippen LogP contribution in [0.15, 0.2) is 35.1 Å². The maximum atomic E-state index is 14.1. The number of nitriles is 1. The third-order valence-electron chi connectivity index (χ3n) is 8.62. The second-order valence-corrected chi connectivity index (χ2v) is 18.2. The van der Waals surface area contributed by atoms with Crippen LogP contribution in [0.4, 0.5) is 4.79 Å². The van der Waals surface area contributed by atoms with Gasteiger partial charge in [-0.1, -0.05) is 44.3 Å². The number of hydrogen-bond donors (Lipinski definition) is 1. The molecule has 2 aromatic heterocycles. The Hall–Kier alpha value is -4.50.